The van der Waals surface area contributed by atoms with Crippen molar-refractivity contribution < 1.29 is 19.1 Å². The normalized spacial score (nSPS) is 16.1. The van der Waals surface area contributed by atoms with Gasteiger partial charge in [0, 0.05) is 26.3 Å². The lowest BCUT2D eigenvalue weighted by Gasteiger charge is -2.32. The van der Waals surface area contributed by atoms with Crippen molar-refractivity contribution in [2.45, 2.75) is 67.7 Å². The van der Waals surface area contributed by atoms with E-state index in [2.05, 4.69) is 89.6 Å². The van der Waals surface area contributed by atoms with Crippen LogP contribution in [-0.4, -0.2) is 11.9 Å². The highest BCUT2D eigenvalue weighted by molar-refractivity contribution is 5.75. The standard InChI is InChI=1S/C38H43O4/c1-27(10-8-11-28(2)14-22-37-29(3)12-9-23-38(37,6)7)13-15-32-16-18-33(19-17-32)20-21-34-24-35(41-30(4)39)26-36(25-34)42-31(5)40/h8,10-11,13-22,24-26H,9,12,23H2,1-7H3/b10-8+,21-20+,22-14+,27-13-,28-11-. The van der Waals surface area contributed by atoms with E-state index in [1.807, 2.05) is 24.3 Å². The minimum atomic E-state index is -0.442. The Balaban J connectivity index is 1.59. The number of hydrogen-bond donors (Lipinski definition) is 0. The Hall–Kier alpha value is -4.18. The van der Waals surface area contributed by atoms with E-state index in [1.165, 1.54) is 55.9 Å². The van der Waals surface area contributed by atoms with E-state index < -0.39 is 11.9 Å². The molecule has 0 saturated carbocycles. The molecule has 3 rings (SSSR count). The molecule has 0 bridgehead atoms. The fourth-order valence-corrected chi connectivity index (χ4v) is 4.97. The molecule has 2 aromatic rings. The molecule has 1 aliphatic rings. The average molecular weight is 564 g/mol. The van der Waals surface area contributed by atoms with Gasteiger partial charge in [-0.1, -0.05) is 103 Å². The third-order valence-electron chi connectivity index (χ3n) is 7.14. The maximum absolute atomic E-state index is 11.4. The number of carbonyl (C=O) groups is 2. The van der Waals surface area contributed by atoms with Crippen LogP contribution >= 0.6 is 0 Å². The van der Waals surface area contributed by atoms with Crippen molar-refractivity contribution in [3.8, 4) is 11.5 Å². The molecule has 0 heterocycles. The Morgan fingerprint density at radius 2 is 1.31 bits per heavy atom. The quantitative estimate of drug-likeness (QED) is 0.125. The second-order valence-corrected chi connectivity index (χ2v) is 11.5. The number of esters is 2. The Morgan fingerprint density at radius 3 is 1.90 bits per heavy atom. The van der Waals surface area contributed by atoms with Gasteiger partial charge in [0.15, 0.2) is 0 Å². The summed E-state index contributed by atoms with van der Waals surface area (Å²) in [5.41, 5.74) is 8.51. The van der Waals surface area contributed by atoms with Crippen LogP contribution in [0.25, 0.3) is 12.2 Å². The van der Waals surface area contributed by atoms with Crippen LogP contribution in [0.3, 0.4) is 0 Å². The van der Waals surface area contributed by atoms with Crippen LogP contribution in [0.1, 0.15) is 84.4 Å². The lowest BCUT2D eigenvalue weighted by molar-refractivity contribution is -0.132. The summed E-state index contributed by atoms with van der Waals surface area (Å²) in [6, 6.07) is 13.1. The molecule has 0 atom stereocenters. The molecule has 0 N–H and O–H groups in total. The zero-order valence-corrected chi connectivity index (χ0v) is 26.0. The molecule has 0 spiro atoms. The van der Waals surface area contributed by atoms with Gasteiger partial charge in [-0.3, -0.25) is 9.59 Å². The highest BCUT2D eigenvalue weighted by atomic mass is 16.5. The van der Waals surface area contributed by atoms with Crippen molar-refractivity contribution in [3.63, 3.8) is 0 Å². The summed E-state index contributed by atoms with van der Waals surface area (Å²) in [6.45, 7) is 13.9. The first-order valence-electron chi connectivity index (χ1n) is 14.5. The van der Waals surface area contributed by atoms with E-state index in [1.54, 1.807) is 12.1 Å². The number of benzene rings is 2. The van der Waals surface area contributed by atoms with Gasteiger partial charge >= 0.3 is 11.9 Å². The molecule has 0 aromatic heterocycles. The van der Waals surface area contributed by atoms with E-state index in [4.69, 9.17) is 9.47 Å². The Bertz CT molecular complexity index is 1420. The van der Waals surface area contributed by atoms with Crippen molar-refractivity contribution in [2.24, 2.45) is 5.41 Å². The molecule has 1 aliphatic carbocycles. The van der Waals surface area contributed by atoms with Crippen molar-refractivity contribution in [3.05, 3.63) is 124 Å². The van der Waals surface area contributed by atoms with Crippen LogP contribution in [0.5, 0.6) is 11.5 Å². The van der Waals surface area contributed by atoms with Gasteiger partial charge in [-0.25, -0.2) is 0 Å². The molecule has 4 nitrogen and oxygen atoms in total. The van der Waals surface area contributed by atoms with Crippen molar-refractivity contribution in [2.75, 3.05) is 0 Å². The first-order chi connectivity index (χ1) is 19.9. The fourth-order valence-electron chi connectivity index (χ4n) is 4.97. The predicted octanol–water partition coefficient (Wildman–Crippen LogP) is 9.79. The largest absolute Gasteiger partial charge is 0.427 e. The minimum Gasteiger partial charge on any atom is -0.427 e. The van der Waals surface area contributed by atoms with Crippen molar-refractivity contribution >= 4 is 24.1 Å². The van der Waals surface area contributed by atoms with E-state index in [9.17, 15) is 9.59 Å². The average Bonchev–Trinajstić information content (AvgIpc) is 2.90. The summed E-state index contributed by atoms with van der Waals surface area (Å²) in [7, 11) is 0. The predicted molar refractivity (Wildman–Crippen MR) is 174 cm³/mol. The maximum Gasteiger partial charge on any atom is 0.308 e. The summed E-state index contributed by atoms with van der Waals surface area (Å²) in [5, 5.41) is 0. The molecule has 0 aliphatic heterocycles. The van der Waals surface area contributed by atoms with Gasteiger partial charge < -0.3 is 9.47 Å². The summed E-state index contributed by atoms with van der Waals surface area (Å²) in [5.74, 6) is -0.245. The van der Waals surface area contributed by atoms with Crippen LogP contribution in [0.4, 0.5) is 0 Å². The van der Waals surface area contributed by atoms with Gasteiger partial charge in [0.25, 0.3) is 0 Å². The van der Waals surface area contributed by atoms with Gasteiger partial charge in [-0.15, -0.1) is 0 Å². The molecule has 2 aromatic carbocycles. The van der Waals surface area contributed by atoms with Gasteiger partial charge in [-0.2, -0.15) is 0 Å². The van der Waals surface area contributed by atoms with Crippen LogP contribution < -0.4 is 9.47 Å². The van der Waals surface area contributed by atoms with Crippen molar-refractivity contribution in [1.82, 2.24) is 0 Å². The Kier molecular flexibility index (Phi) is 11.7. The minimum absolute atomic E-state index is 0.257. The summed E-state index contributed by atoms with van der Waals surface area (Å²) in [4.78, 5) is 22.8. The van der Waals surface area contributed by atoms with E-state index in [0.717, 1.165) is 22.3 Å². The maximum atomic E-state index is 11.4. The number of rotatable bonds is 10. The van der Waals surface area contributed by atoms with Gasteiger partial charge in [0.05, 0.1) is 0 Å². The van der Waals surface area contributed by atoms with Gasteiger partial charge in [0.2, 0.25) is 0 Å². The summed E-state index contributed by atoms with van der Waals surface area (Å²) < 4.78 is 10.4. The zero-order valence-electron chi connectivity index (χ0n) is 26.0. The van der Waals surface area contributed by atoms with E-state index in [0.29, 0.717) is 11.5 Å². The zero-order chi connectivity index (χ0) is 30.7. The summed E-state index contributed by atoms with van der Waals surface area (Å²) in [6.07, 6.45) is 22.7. The molecular weight excluding hydrogens is 520 g/mol. The van der Waals surface area contributed by atoms with Gasteiger partial charge in [0.1, 0.15) is 11.5 Å². The van der Waals surface area contributed by atoms with Crippen molar-refractivity contribution in [1.29, 1.82) is 0 Å². The van der Waals surface area contributed by atoms with Crippen LogP contribution in [0.2, 0.25) is 0 Å². The second kappa shape index (κ2) is 15.2. The Morgan fingerprint density at radius 1 is 0.738 bits per heavy atom. The molecule has 42 heavy (non-hydrogen) atoms. The molecule has 0 saturated heterocycles. The molecule has 0 unspecified atom stereocenters. The third kappa shape index (κ3) is 10.7. The molecule has 1 radical (unpaired) electrons. The number of carbonyl (C=O) groups excluding carboxylic acids is 2. The first-order valence-corrected chi connectivity index (χ1v) is 14.5. The van der Waals surface area contributed by atoms with Crippen LogP contribution in [0, 0.1) is 11.8 Å². The molecular formula is C38H43O4. The van der Waals surface area contributed by atoms with Crippen LogP contribution in [-0.2, 0) is 9.59 Å². The monoisotopic (exact) mass is 563 g/mol. The summed E-state index contributed by atoms with van der Waals surface area (Å²) >= 11 is 0. The Labute approximate surface area is 251 Å². The highest BCUT2D eigenvalue weighted by Gasteiger charge is 2.26. The van der Waals surface area contributed by atoms with E-state index in [-0.39, 0.29) is 5.41 Å². The topological polar surface area (TPSA) is 52.6 Å². The molecule has 219 valence electrons. The number of ether oxygens (including phenoxy) is 2. The smallest absolute Gasteiger partial charge is 0.308 e. The van der Waals surface area contributed by atoms with Gasteiger partial charge in [-0.05, 0) is 79.8 Å². The second-order valence-electron chi connectivity index (χ2n) is 11.5. The van der Waals surface area contributed by atoms with Crippen LogP contribution in [0.15, 0.2) is 101 Å². The number of allylic oxidation sites excluding steroid dienone is 10. The molecule has 0 amide bonds. The lowest BCUT2D eigenvalue weighted by Crippen LogP contribution is -2.19. The lowest BCUT2D eigenvalue weighted by atomic mass is 9.72. The molecule has 0 fully saturated rings. The third-order valence-corrected chi connectivity index (χ3v) is 7.14. The number of hydrogen-bond acceptors (Lipinski definition) is 4. The SMILES string of the molecule is CC(=O)Oc1cc(/C=C/c2ccc([CH]\C=C(C)/C=C/C=C(C)\C=C\C3=C(C)CCCC3(C)C)cc2)cc(OC(C)=O)c1. The fraction of sp³-hybridized carbons (Fsp3) is 0.289. The molecule has 4 heteroatoms. The first kappa shape index (κ1) is 32.3. The highest BCUT2D eigenvalue weighted by Crippen LogP contribution is 2.40. The van der Waals surface area contributed by atoms with E-state index >= 15 is 0 Å².